The molecule has 0 aromatic carbocycles. The van der Waals surface area contributed by atoms with Crippen molar-refractivity contribution in [2.45, 2.75) is 26.7 Å². The number of hydrogen-bond donors (Lipinski definition) is 0. The molecule has 0 atom stereocenters. The Morgan fingerprint density at radius 3 is 1.71 bits per heavy atom. The van der Waals surface area contributed by atoms with E-state index in [-0.39, 0.29) is 11.1 Å². The van der Waals surface area contributed by atoms with Gasteiger partial charge in [-0.1, -0.05) is 0 Å². The normalized spacial score (nSPS) is 14.4. The van der Waals surface area contributed by atoms with Crippen LogP contribution in [0.2, 0.25) is 0 Å². The van der Waals surface area contributed by atoms with Gasteiger partial charge in [0.2, 0.25) is 0 Å². The number of aromatic nitrogens is 2. The van der Waals surface area contributed by atoms with E-state index in [1.807, 2.05) is 0 Å². The molecule has 4 nitrogen and oxygen atoms in total. The van der Waals surface area contributed by atoms with Crippen molar-refractivity contribution in [3.8, 4) is 0 Å². The summed E-state index contributed by atoms with van der Waals surface area (Å²) in [6, 6.07) is 0. The summed E-state index contributed by atoms with van der Waals surface area (Å²) in [4.78, 5) is 23.4. The maximum absolute atomic E-state index is 11.7. The molecule has 72 valence electrons. The lowest BCUT2D eigenvalue weighted by molar-refractivity contribution is 0.789. The number of rotatable bonds is 0. The van der Waals surface area contributed by atoms with Crippen molar-refractivity contribution in [3.63, 3.8) is 0 Å². The average Bonchev–Trinajstić information content (AvgIpc) is 2.74. The van der Waals surface area contributed by atoms with Gasteiger partial charge in [0.05, 0.1) is 0 Å². The minimum Gasteiger partial charge on any atom is -0.267 e. The quantitative estimate of drug-likeness (QED) is 0.582. The Kier molecular flexibility index (Phi) is 1.16. The highest BCUT2D eigenvalue weighted by Gasteiger charge is 2.26. The second-order valence-corrected chi connectivity index (χ2v) is 3.88. The van der Waals surface area contributed by atoms with E-state index in [1.165, 1.54) is 4.52 Å². The predicted molar refractivity (Wildman–Crippen MR) is 51.5 cm³/mol. The van der Waals surface area contributed by atoms with E-state index >= 15 is 0 Å². The first-order valence-electron chi connectivity index (χ1n) is 4.71. The fourth-order valence-corrected chi connectivity index (χ4v) is 2.38. The highest BCUT2D eigenvalue weighted by Crippen LogP contribution is 2.19. The summed E-state index contributed by atoms with van der Waals surface area (Å²) in [5, 5.41) is 0. The molecule has 0 fully saturated rings. The molecular weight excluding hydrogens is 180 g/mol. The highest BCUT2D eigenvalue weighted by atomic mass is 16.2. The minimum atomic E-state index is -0.154. The Morgan fingerprint density at radius 1 is 0.857 bits per heavy atom. The van der Waals surface area contributed by atoms with Crippen LogP contribution < -0.4 is 11.1 Å². The summed E-state index contributed by atoms with van der Waals surface area (Å²) in [7, 11) is 0. The number of aryl methyl sites for hydroxylation is 2. The van der Waals surface area contributed by atoms with Gasteiger partial charge in [0.25, 0.3) is 11.1 Å². The summed E-state index contributed by atoms with van der Waals surface area (Å²) in [6.07, 6.45) is 1.77. The zero-order chi connectivity index (χ0) is 10.0. The molecule has 1 aliphatic heterocycles. The lowest BCUT2D eigenvalue weighted by atomic mass is 10.1. The number of nitrogens with zero attached hydrogens (tertiary/aromatic N) is 2. The molecule has 1 aliphatic rings. The van der Waals surface area contributed by atoms with E-state index in [0.29, 0.717) is 0 Å². The van der Waals surface area contributed by atoms with Crippen LogP contribution in [0.3, 0.4) is 0 Å². The zero-order valence-electron chi connectivity index (χ0n) is 8.13. The predicted octanol–water partition coefficient (Wildman–Crippen LogP) is -0.0876. The molecule has 0 saturated heterocycles. The molecule has 0 saturated carbocycles. The van der Waals surface area contributed by atoms with Crippen LogP contribution in [0.4, 0.5) is 0 Å². The van der Waals surface area contributed by atoms with E-state index in [4.69, 9.17) is 0 Å². The molecule has 0 N–H and O–H groups in total. The lowest BCUT2D eigenvalue weighted by Crippen LogP contribution is -2.23. The van der Waals surface area contributed by atoms with Crippen molar-refractivity contribution in [1.82, 2.24) is 9.03 Å². The van der Waals surface area contributed by atoms with Crippen LogP contribution >= 0.6 is 0 Å². The molecule has 0 amide bonds. The molecule has 0 spiro atoms. The maximum atomic E-state index is 11.7. The van der Waals surface area contributed by atoms with E-state index in [0.717, 1.165) is 35.4 Å². The Labute approximate surface area is 79.7 Å². The standard InChI is InChI=1S/C10H10N2O2/c1-5-7-3-4-8-6(2)10(14)12(9(5)13)11(7)8/h3-4H2,1-2H3. The maximum Gasteiger partial charge on any atom is 0.277 e. The topological polar surface area (TPSA) is 43.0 Å². The average molecular weight is 190 g/mol. The highest BCUT2D eigenvalue weighted by molar-refractivity contribution is 5.32. The lowest BCUT2D eigenvalue weighted by Gasteiger charge is -1.87. The van der Waals surface area contributed by atoms with Gasteiger partial charge in [-0.15, -0.1) is 0 Å². The second-order valence-electron chi connectivity index (χ2n) is 3.88. The van der Waals surface area contributed by atoms with Gasteiger partial charge in [0.15, 0.2) is 0 Å². The first kappa shape index (κ1) is 7.79. The van der Waals surface area contributed by atoms with Gasteiger partial charge in [-0.05, 0) is 26.7 Å². The zero-order valence-corrected chi connectivity index (χ0v) is 8.13. The Balaban J connectivity index is 2.77. The fourth-order valence-electron chi connectivity index (χ4n) is 2.38. The van der Waals surface area contributed by atoms with Crippen molar-refractivity contribution in [2.75, 3.05) is 0 Å². The monoisotopic (exact) mass is 190 g/mol. The molecule has 3 rings (SSSR count). The van der Waals surface area contributed by atoms with Gasteiger partial charge in [-0.25, -0.2) is 0 Å². The summed E-state index contributed by atoms with van der Waals surface area (Å²) < 4.78 is 3.07. The van der Waals surface area contributed by atoms with Crippen molar-refractivity contribution in [2.24, 2.45) is 0 Å². The van der Waals surface area contributed by atoms with Gasteiger partial charge in [-0.3, -0.25) is 14.1 Å². The molecule has 14 heavy (non-hydrogen) atoms. The fraction of sp³-hybridized carbons (Fsp3) is 0.400. The SMILES string of the molecule is Cc1c2n3c(c(C)c(=O)n3c1=O)CC2. The second kappa shape index (κ2) is 2.08. The molecule has 0 aliphatic carbocycles. The summed E-state index contributed by atoms with van der Waals surface area (Å²) in [5.41, 5.74) is 3.16. The Morgan fingerprint density at radius 2 is 1.29 bits per heavy atom. The van der Waals surface area contributed by atoms with E-state index in [2.05, 4.69) is 0 Å². The summed E-state index contributed by atoms with van der Waals surface area (Å²) in [6.45, 7) is 3.59. The van der Waals surface area contributed by atoms with E-state index in [1.54, 1.807) is 18.4 Å². The third-order valence-electron chi connectivity index (χ3n) is 3.20. The van der Waals surface area contributed by atoms with Crippen LogP contribution in [0, 0.1) is 13.8 Å². The molecular formula is C10H10N2O2. The molecule has 4 heteroatoms. The van der Waals surface area contributed by atoms with E-state index in [9.17, 15) is 9.59 Å². The third kappa shape index (κ3) is 0.595. The largest absolute Gasteiger partial charge is 0.277 e. The summed E-state index contributed by atoms with van der Waals surface area (Å²) in [5.74, 6) is 0. The molecule has 0 radical (unpaired) electrons. The van der Waals surface area contributed by atoms with E-state index < -0.39 is 0 Å². The van der Waals surface area contributed by atoms with Gasteiger partial charge in [-0.2, -0.15) is 4.52 Å². The van der Waals surface area contributed by atoms with Crippen molar-refractivity contribution < 1.29 is 0 Å². The van der Waals surface area contributed by atoms with Crippen LogP contribution in [0.5, 0.6) is 0 Å². The van der Waals surface area contributed by atoms with Crippen LogP contribution in [0.1, 0.15) is 22.5 Å². The number of hydrogen-bond acceptors (Lipinski definition) is 2. The smallest absolute Gasteiger partial charge is 0.267 e. The third-order valence-corrected chi connectivity index (χ3v) is 3.20. The van der Waals surface area contributed by atoms with Crippen molar-refractivity contribution in [1.29, 1.82) is 0 Å². The van der Waals surface area contributed by atoms with Crippen molar-refractivity contribution in [3.05, 3.63) is 43.2 Å². The molecule has 3 heterocycles. The van der Waals surface area contributed by atoms with Crippen LogP contribution in [0.15, 0.2) is 9.59 Å². The van der Waals surface area contributed by atoms with Gasteiger partial charge < -0.3 is 0 Å². The molecule has 2 aromatic rings. The van der Waals surface area contributed by atoms with Crippen LogP contribution in [0.25, 0.3) is 0 Å². The minimum absolute atomic E-state index is 0.154. The first-order chi connectivity index (χ1) is 6.63. The van der Waals surface area contributed by atoms with Gasteiger partial charge in [0, 0.05) is 22.5 Å². The first-order valence-corrected chi connectivity index (χ1v) is 4.71. The van der Waals surface area contributed by atoms with Crippen LogP contribution in [-0.2, 0) is 12.8 Å². The van der Waals surface area contributed by atoms with Crippen LogP contribution in [-0.4, -0.2) is 9.03 Å². The molecule has 2 aromatic heterocycles. The van der Waals surface area contributed by atoms with Gasteiger partial charge in [0.1, 0.15) is 0 Å². The van der Waals surface area contributed by atoms with Crippen molar-refractivity contribution >= 4 is 0 Å². The summed E-state index contributed by atoms with van der Waals surface area (Å²) >= 11 is 0. The molecule has 0 bridgehead atoms. The van der Waals surface area contributed by atoms with Gasteiger partial charge >= 0.3 is 0 Å². The Hall–Kier alpha value is -1.58. The molecule has 0 unspecified atom stereocenters. The Bertz CT molecular complexity index is 595.